The van der Waals surface area contributed by atoms with E-state index in [0.717, 1.165) is 35.4 Å². The number of methoxy groups -OCH3 is 2. The number of nitrogens with zero attached hydrogens (tertiary/aromatic N) is 3. The zero-order valence-electron chi connectivity index (χ0n) is 20.0. The molecule has 2 aromatic carbocycles. The van der Waals surface area contributed by atoms with Gasteiger partial charge in [-0.25, -0.2) is 9.98 Å². The molecule has 10 nitrogen and oxygen atoms in total. The minimum absolute atomic E-state index is 0.0991. The van der Waals surface area contributed by atoms with Crippen molar-refractivity contribution in [2.75, 3.05) is 14.2 Å². The molecule has 1 amide bonds. The molecular formula is C26H26N6O4. The number of aromatic nitrogens is 4. The second kappa shape index (κ2) is 10.0. The van der Waals surface area contributed by atoms with Gasteiger partial charge >= 0.3 is 0 Å². The van der Waals surface area contributed by atoms with Gasteiger partial charge in [-0.3, -0.25) is 9.89 Å². The molecule has 0 atom stereocenters. The van der Waals surface area contributed by atoms with Gasteiger partial charge in [0.05, 0.1) is 48.2 Å². The van der Waals surface area contributed by atoms with E-state index in [4.69, 9.17) is 9.47 Å². The number of rotatable bonds is 8. The van der Waals surface area contributed by atoms with Crippen LogP contribution >= 0.6 is 0 Å². The lowest BCUT2D eigenvalue weighted by molar-refractivity contribution is 0.0950. The number of carbonyl (C=O) groups excluding carboxylic acids is 1. The molecule has 36 heavy (non-hydrogen) atoms. The Balaban J connectivity index is 1.38. The molecule has 5 rings (SSSR count). The smallest absolute Gasteiger partial charge is 0.251 e. The van der Waals surface area contributed by atoms with Gasteiger partial charge in [0, 0.05) is 24.5 Å². The van der Waals surface area contributed by atoms with Crippen molar-refractivity contribution in [3.05, 3.63) is 70.9 Å². The average Bonchev–Trinajstić information content (AvgIpc) is 3.54. The van der Waals surface area contributed by atoms with Crippen molar-refractivity contribution in [1.82, 2.24) is 25.5 Å². The number of hydrogen-bond donors (Lipinski definition) is 4. The van der Waals surface area contributed by atoms with Gasteiger partial charge in [0.1, 0.15) is 11.6 Å². The van der Waals surface area contributed by atoms with Crippen LogP contribution in [-0.2, 0) is 22.6 Å². The Morgan fingerprint density at radius 2 is 2.06 bits per heavy atom. The Labute approximate surface area is 207 Å². The van der Waals surface area contributed by atoms with Gasteiger partial charge in [-0.15, -0.1) is 0 Å². The molecule has 0 bridgehead atoms. The standard InChI is InChI=1S/C26H26N6O4/c1-35-14-18-12-17(31-32-18)13-28-25(34)16-5-7-21-22(11-16)30-24(29-21)20-10-15(6-8-23(20)33)19-4-3-9-27-26(19)36-2/h5-12,33H,3-4,13-14H2,1-2H3,(H,28,34)(H,29,30)(H,31,32). The first-order chi connectivity index (χ1) is 17.6. The molecule has 0 unspecified atom stereocenters. The molecule has 184 valence electrons. The fourth-order valence-corrected chi connectivity index (χ4v) is 4.18. The zero-order chi connectivity index (χ0) is 25.1. The maximum Gasteiger partial charge on any atom is 0.251 e. The average molecular weight is 487 g/mol. The first-order valence-corrected chi connectivity index (χ1v) is 11.5. The molecule has 1 aliphatic heterocycles. The monoisotopic (exact) mass is 486 g/mol. The molecule has 0 saturated heterocycles. The lowest BCUT2D eigenvalue weighted by Gasteiger charge is -2.15. The highest BCUT2D eigenvalue weighted by atomic mass is 16.5. The molecule has 0 radical (unpaired) electrons. The Bertz CT molecular complexity index is 1480. The molecule has 0 spiro atoms. The summed E-state index contributed by atoms with van der Waals surface area (Å²) in [6.45, 7) is 0.715. The Morgan fingerprint density at radius 1 is 1.17 bits per heavy atom. The number of amides is 1. The third-order valence-corrected chi connectivity index (χ3v) is 5.94. The lowest BCUT2D eigenvalue weighted by Crippen LogP contribution is -2.22. The summed E-state index contributed by atoms with van der Waals surface area (Å²) in [5.74, 6) is 0.951. The van der Waals surface area contributed by atoms with Gasteiger partial charge in [0.15, 0.2) is 0 Å². The summed E-state index contributed by atoms with van der Waals surface area (Å²) < 4.78 is 10.5. The second-order valence-corrected chi connectivity index (χ2v) is 8.39. The number of aromatic amines is 2. The summed E-state index contributed by atoms with van der Waals surface area (Å²) in [7, 11) is 3.20. The van der Waals surface area contributed by atoms with Crippen LogP contribution in [0.4, 0.5) is 0 Å². The number of phenolic OH excluding ortho intramolecular Hbond substituents is 1. The number of fused-ring (bicyclic) bond motifs is 1. The van der Waals surface area contributed by atoms with Crippen molar-refractivity contribution in [2.45, 2.75) is 26.0 Å². The van der Waals surface area contributed by atoms with E-state index in [1.807, 2.05) is 24.4 Å². The van der Waals surface area contributed by atoms with Gasteiger partial charge < -0.3 is 24.9 Å². The SMILES string of the molecule is COCc1cc(CNC(=O)c2ccc3nc(-c4cc(C5=C(OC)N=CCC5)ccc4O)[nH]c3c2)[nH]n1. The van der Waals surface area contributed by atoms with E-state index in [0.29, 0.717) is 47.0 Å². The van der Waals surface area contributed by atoms with E-state index >= 15 is 0 Å². The van der Waals surface area contributed by atoms with Crippen LogP contribution in [0.2, 0.25) is 0 Å². The maximum absolute atomic E-state index is 12.7. The molecular weight excluding hydrogens is 460 g/mol. The number of H-pyrrole nitrogens is 2. The van der Waals surface area contributed by atoms with Gasteiger partial charge in [0.2, 0.25) is 5.88 Å². The van der Waals surface area contributed by atoms with Crippen LogP contribution in [0.25, 0.3) is 28.0 Å². The Morgan fingerprint density at radius 3 is 2.89 bits per heavy atom. The van der Waals surface area contributed by atoms with Crippen molar-refractivity contribution >= 4 is 28.7 Å². The molecule has 4 N–H and O–H groups in total. The molecule has 0 aliphatic carbocycles. The summed E-state index contributed by atoms with van der Waals surface area (Å²) in [5.41, 5.74) is 5.85. The van der Waals surface area contributed by atoms with Crippen LogP contribution in [0.3, 0.4) is 0 Å². The topological polar surface area (TPSA) is 138 Å². The summed E-state index contributed by atoms with van der Waals surface area (Å²) in [6, 6.07) is 12.4. The number of hydrogen-bond acceptors (Lipinski definition) is 7. The first-order valence-electron chi connectivity index (χ1n) is 11.5. The molecule has 2 aromatic heterocycles. The molecule has 3 heterocycles. The minimum Gasteiger partial charge on any atom is -0.507 e. The van der Waals surface area contributed by atoms with E-state index in [9.17, 15) is 9.90 Å². The van der Waals surface area contributed by atoms with Gasteiger partial charge in [-0.2, -0.15) is 5.10 Å². The zero-order valence-corrected chi connectivity index (χ0v) is 20.0. The van der Waals surface area contributed by atoms with Crippen LogP contribution in [0.5, 0.6) is 5.75 Å². The highest BCUT2D eigenvalue weighted by Crippen LogP contribution is 2.35. The summed E-state index contributed by atoms with van der Waals surface area (Å²) in [5, 5.41) is 20.5. The molecule has 1 aliphatic rings. The van der Waals surface area contributed by atoms with Gasteiger partial charge in [-0.1, -0.05) is 6.07 Å². The highest BCUT2D eigenvalue weighted by molar-refractivity contribution is 5.97. The maximum atomic E-state index is 12.7. The third kappa shape index (κ3) is 4.71. The van der Waals surface area contributed by atoms with E-state index in [1.165, 1.54) is 0 Å². The van der Waals surface area contributed by atoms with E-state index < -0.39 is 0 Å². The van der Waals surface area contributed by atoms with Crippen molar-refractivity contribution in [2.24, 2.45) is 4.99 Å². The molecule has 4 aromatic rings. The highest BCUT2D eigenvalue weighted by Gasteiger charge is 2.17. The van der Waals surface area contributed by atoms with Crippen LogP contribution in [-0.4, -0.2) is 51.6 Å². The fourth-order valence-electron chi connectivity index (χ4n) is 4.18. The number of allylic oxidation sites excluding steroid dienone is 1. The van der Waals surface area contributed by atoms with E-state index in [1.54, 1.807) is 38.5 Å². The number of ether oxygens (including phenoxy) is 2. The van der Waals surface area contributed by atoms with Gasteiger partial charge in [-0.05, 0) is 54.8 Å². The summed E-state index contributed by atoms with van der Waals surface area (Å²) >= 11 is 0. The van der Waals surface area contributed by atoms with Crippen LogP contribution in [0, 0.1) is 0 Å². The number of nitrogens with one attached hydrogen (secondary N) is 3. The molecule has 10 heteroatoms. The lowest BCUT2D eigenvalue weighted by atomic mass is 9.98. The first kappa shape index (κ1) is 23.3. The number of aliphatic imine (C=N–C) groups is 1. The van der Waals surface area contributed by atoms with Crippen molar-refractivity contribution in [1.29, 1.82) is 0 Å². The summed E-state index contributed by atoms with van der Waals surface area (Å²) in [6.07, 6.45) is 3.45. The summed E-state index contributed by atoms with van der Waals surface area (Å²) in [4.78, 5) is 24.9. The Hall–Kier alpha value is -4.44. The van der Waals surface area contributed by atoms with Crippen molar-refractivity contribution in [3.63, 3.8) is 0 Å². The van der Waals surface area contributed by atoms with E-state index in [2.05, 4.69) is 30.5 Å². The van der Waals surface area contributed by atoms with Crippen molar-refractivity contribution in [3.8, 4) is 17.1 Å². The molecule has 0 saturated carbocycles. The Kier molecular flexibility index (Phi) is 6.50. The predicted octanol–water partition coefficient (Wildman–Crippen LogP) is 3.91. The largest absolute Gasteiger partial charge is 0.507 e. The number of carbonyl (C=O) groups is 1. The molecule has 0 fully saturated rings. The fraction of sp³-hybridized carbons (Fsp3) is 0.231. The number of benzene rings is 2. The minimum atomic E-state index is -0.224. The third-order valence-electron chi connectivity index (χ3n) is 5.94. The normalized spacial score (nSPS) is 13.4. The number of aromatic hydroxyl groups is 1. The second-order valence-electron chi connectivity index (χ2n) is 8.39. The number of imidazole rings is 1. The van der Waals surface area contributed by atoms with E-state index in [-0.39, 0.29) is 11.7 Å². The van der Waals surface area contributed by atoms with Crippen LogP contribution in [0.15, 0.2) is 53.3 Å². The van der Waals surface area contributed by atoms with Crippen LogP contribution < -0.4 is 5.32 Å². The van der Waals surface area contributed by atoms with Crippen LogP contribution in [0.1, 0.15) is 40.2 Å². The number of phenols is 1. The predicted molar refractivity (Wildman–Crippen MR) is 135 cm³/mol. The quantitative estimate of drug-likeness (QED) is 0.298. The van der Waals surface area contributed by atoms with Gasteiger partial charge in [0.25, 0.3) is 5.91 Å². The van der Waals surface area contributed by atoms with Crippen molar-refractivity contribution < 1.29 is 19.4 Å².